The lowest BCUT2D eigenvalue weighted by atomic mass is 10.1. The molecule has 2 aliphatic rings. The zero-order chi connectivity index (χ0) is 11.0. The molecule has 86 valence electrons. The van der Waals surface area contributed by atoms with Crippen molar-refractivity contribution in [3.8, 4) is 0 Å². The van der Waals surface area contributed by atoms with Gasteiger partial charge in [0, 0.05) is 18.8 Å². The molecule has 4 heteroatoms. The molecule has 0 atom stereocenters. The second-order valence-corrected chi connectivity index (χ2v) is 4.49. The van der Waals surface area contributed by atoms with Gasteiger partial charge in [-0.15, -0.1) is 0 Å². The van der Waals surface area contributed by atoms with E-state index in [1.807, 2.05) is 0 Å². The van der Waals surface area contributed by atoms with E-state index < -0.39 is 0 Å². The van der Waals surface area contributed by atoms with E-state index in [-0.39, 0.29) is 0 Å². The third kappa shape index (κ3) is 1.69. The van der Waals surface area contributed by atoms with Crippen LogP contribution in [-0.4, -0.2) is 32.3 Å². The Kier molecular flexibility index (Phi) is 2.36. The van der Waals surface area contributed by atoms with Gasteiger partial charge in [0.05, 0.1) is 30.6 Å². The van der Waals surface area contributed by atoms with Gasteiger partial charge in [-0.1, -0.05) is 0 Å². The van der Waals surface area contributed by atoms with Gasteiger partial charge in [0.15, 0.2) is 0 Å². The molecule has 0 radical (unpaired) electrons. The molecule has 2 fully saturated rings. The smallest absolute Gasteiger partial charge is 0.0729 e. The molecule has 2 heterocycles. The van der Waals surface area contributed by atoms with Crippen LogP contribution in [-0.2, 0) is 4.74 Å². The molecule has 0 bridgehead atoms. The van der Waals surface area contributed by atoms with E-state index >= 15 is 0 Å². The van der Waals surface area contributed by atoms with Crippen molar-refractivity contribution < 1.29 is 4.74 Å². The molecule has 1 aromatic rings. The number of anilines is 3. The molecule has 3 N–H and O–H groups in total. The molecule has 4 nitrogen and oxygen atoms in total. The molecule has 0 amide bonds. The van der Waals surface area contributed by atoms with Gasteiger partial charge in [0.1, 0.15) is 0 Å². The number of hydrogen-bond acceptors (Lipinski definition) is 4. The van der Waals surface area contributed by atoms with E-state index in [0.717, 1.165) is 37.7 Å². The van der Waals surface area contributed by atoms with Crippen molar-refractivity contribution in [2.45, 2.75) is 12.5 Å². The topological polar surface area (TPSA) is 50.5 Å². The summed E-state index contributed by atoms with van der Waals surface area (Å²) in [5, 5.41) is 3.38. The van der Waals surface area contributed by atoms with Crippen LogP contribution in [0.3, 0.4) is 0 Å². The standard InChI is InChI=1S/C12H17N3O/c13-11-6-10(15-4-1-5-15)2-3-12(11)14-9-7-16-8-9/h2-3,6,9,14H,1,4-5,7-8,13H2. The number of ether oxygens (including phenoxy) is 1. The number of hydrogen-bond donors (Lipinski definition) is 2. The second-order valence-electron chi connectivity index (χ2n) is 4.49. The third-order valence-corrected chi connectivity index (χ3v) is 3.25. The molecule has 2 saturated heterocycles. The molecular formula is C12H17N3O. The second kappa shape index (κ2) is 3.87. The Hall–Kier alpha value is -1.42. The van der Waals surface area contributed by atoms with E-state index in [1.165, 1.54) is 12.1 Å². The largest absolute Gasteiger partial charge is 0.397 e. The average Bonchev–Trinajstić information content (AvgIpc) is 2.11. The van der Waals surface area contributed by atoms with Crippen LogP contribution < -0.4 is 16.0 Å². The van der Waals surface area contributed by atoms with Gasteiger partial charge in [0.2, 0.25) is 0 Å². The SMILES string of the molecule is Nc1cc(N2CCC2)ccc1NC1COC1. The summed E-state index contributed by atoms with van der Waals surface area (Å²) in [7, 11) is 0. The van der Waals surface area contributed by atoms with Gasteiger partial charge in [0.25, 0.3) is 0 Å². The molecule has 1 aromatic carbocycles. The molecule has 16 heavy (non-hydrogen) atoms. The maximum absolute atomic E-state index is 6.04. The minimum absolute atomic E-state index is 0.428. The summed E-state index contributed by atoms with van der Waals surface area (Å²) in [4.78, 5) is 2.34. The first-order valence-corrected chi connectivity index (χ1v) is 5.82. The highest BCUT2D eigenvalue weighted by molar-refractivity contribution is 5.72. The van der Waals surface area contributed by atoms with Crippen LogP contribution in [0.1, 0.15) is 6.42 Å². The molecule has 0 spiro atoms. The average molecular weight is 219 g/mol. The van der Waals surface area contributed by atoms with Crippen molar-refractivity contribution in [3.05, 3.63) is 18.2 Å². The minimum atomic E-state index is 0.428. The van der Waals surface area contributed by atoms with Gasteiger partial charge < -0.3 is 20.7 Å². The Labute approximate surface area is 95.4 Å². The summed E-state index contributed by atoms with van der Waals surface area (Å²) in [6, 6.07) is 6.69. The number of benzene rings is 1. The van der Waals surface area contributed by atoms with Crippen molar-refractivity contribution in [2.75, 3.05) is 42.3 Å². The summed E-state index contributed by atoms with van der Waals surface area (Å²) in [5.74, 6) is 0. The number of nitrogen functional groups attached to an aromatic ring is 1. The maximum Gasteiger partial charge on any atom is 0.0729 e. The Bertz CT molecular complexity index is 386. The Morgan fingerprint density at radius 1 is 1.31 bits per heavy atom. The summed E-state index contributed by atoms with van der Waals surface area (Å²) in [6.07, 6.45) is 1.29. The van der Waals surface area contributed by atoms with Crippen molar-refractivity contribution in [3.63, 3.8) is 0 Å². The monoisotopic (exact) mass is 219 g/mol. The molecule has 0 saturated carbocycles. The van der Waals surface area contributed by atoms with Crippen LogP contribution in [0, 0.1) is 0 Å². The van der Waals surface area contributed by atoms with E-state index in [9.17, 15) is 0 Å². The molecule has 0 aliphatic carbocycles. The fraction of sp³-hybridized carbons (Fsp3) is 0.500. The number of rotatable bonds is 3. The van der Waals surface area contributed by atoms with Crippen LogP contribution in [0.4, 0.5) is 17.1 Å². The molecule has 0 aromatic heterocycles. The molecule has 0 unspecified atom stereocenters. The van der Waals surface area contributed by atoms with E-state index in [0.29, 0.717) is 6.04 Å². The highest BCUT2D eigenvalue weighted by Crippen LogP contribution is 2.28. The summed E-state index contributed by atoms with van der Waals surface area (Å²) in [5.41, 5.74) is 9.13. The minimum Gasteiger partial charge on any atom is -0.397 e. The highest BCUT2D eigenvalue weighted by Gasteiger charge is 2.19. The van der Waals surface area contributed by atoms with Crippen molar-refractivity contribution in [1.29, 1.82) is 0 Å². The van der Waals surface area contributed by atoms with Crippen molar-refractivity contribution in [1.82, 2.24) is 0 Å². The van der Waals surface area contributed by atoms with Gasteiger partial charge in [-0.05, 0) is 24.6 Å². The van der Waals surface area contributed by atoms with Gasteiger partial charge >= 0.3 is 0 Å². The van der Waals surface area contributed by atoms with Crippen LogP contribution in [0.15, 0.2) is 18.2 Å². The normalized spacial score (nSPS) is 20.1. The maximum atomic E-state index is 6.04. The molecular weight excluding hydrogens is 202 g/mol. The zero-order valence-corrected chi connectivity index (χ0v) is 9.28. The summed E-state index contributed by atoms with van der Waals surface area (Å²) in [6.45, 7) is 3.88. The lowest BCUT2D eigenvalue weighted by Gasteiger charge is -2.34. The zero-order valence-electron chi connectivity index (χ0n) is 9.28. The van der Waals surface area contributed by atoms with E-state index in [1.54, 1.807) is 0 Å². The third-order valence-electron chi connectivity index (χ3n) is 3.25. The fourth-order valence-electron chi connectivity index (χ4n) is 1.99. The highest BCUT2D eigenvalue weighted by atomic mass is 16.5. The first-order chi connectivity index (χ1) is 7.83. The lowest BCUT2D eigenvalue weighted by Crippen LogP contribution is -2.40. The number of nitrogens with one attached hydrogen (secondary N) is 1. The van der Waals surface area contributed by atoms with Crippen molar-refractivity contribution in [2.24, 2.45) is 0 Å². The van der Waals surface area contributed by atoms with E-state index in [2.05, 4.69) is 28.4 Å². The fourth-order valence-corrected chi connectivity index (χ4v) is 1.99. The quantitative estimate of drug-likeness (QED) is 0.752. The molecule has 2 aliphatic heterocycles. The lowest BCUT2D eigenvalue weighted by molar-refractivity contribution is 0.0211. The predicted molar refractivity (Wildman–Crippen MR) is 65.9 cm³/mol. The van der Waals surface area contributed by atoms with Gasteiger partial charge in [-0.2, -0.15) is 0 Å². The number of nitrogens with zero attached hydrogens (tertiary/aromatic N) is 1. The first kappa shape index (κ1) is 9.78. The summed E-state index contributed by atoms with van der Waals surface area (Å²) < 4.78 is 5.12. The Morgan fingerprint density at radius 3 is 2.62 bits per heavy atom. The summed E-state index contributed by atoms with van der Waals surface area (Å²) >= 11 is 0. The Morgan fingerprint density at radius 2 is 2.12 bits per heavy atom. The predicted octanol–water partition coefficient (Wildman–Crippen LogP) is 1.29. The Balaban J connectivity index is 1.73. The molecule has 3 rings (SSSR count). The van der Waals surface area contributed by atoms with Gasteiger partial charge in [-0.3, -0.25) is 0 Å². The van der Waals surface area contributed by atoms with E-state index in [4.69, 9.17) is 10.5 Å². The van der Waals surface area contributed by atoms with Crippen LogP contribution in [0.2, 0.25) is 0 Å². The van der Waals surface area contributed by atoms with Crippen LogP contribution in [0.5, 0.6) is 0 Å². The van der Waals surface area contributed by atoms with Gasteiger partial charge in [-0.25, -0.2) is 0 Å². The first-order valence-electron chi connectivity index (χ1n) is 5.82. The van der Waals surface area contributed by atoms with Crippen molar-refractivity contribution >= 4 is 17.1 Å². The van der Waals surface area contributed by atoms with Crippen LogP contribution in [0.25, 0.3) is 0 Å². The number of nitrogens with two attached hydrogens (primary N) is 1. The van der Waals surface area contributed by atoms with Crippen LogP contribution >= 0.6 is 0 Å².